The summed E-state index contributed by atoms with van der Waals surface area (Å²) in [5, 5.41) is 3.17. The molecule has 1 atom stereocenters. The molecule has 0 bridgehead atoms. The van der Waals surface area contributed by atoms with Crippen molar-refractivity contribution < 1.29 is 13.9 Å². The third kappa shape index (κ3) is 3.12. The minimum absolute atomic E-state index is 0.0628. The molecule has 2 rings (SSSR count). The van der Waals surface area contributed by atoms with Crippen LogP contribution in [-0.2, 0) is 4.74 Å². The first-order valence-corrected chi connectivity index (χ1v) is 6.17. The van der Waals surface area contributed by atoms with Crippen molar-refractivity contribution in [2.24, 2.45) is 0 Å². The zero-order valence-corrected chi connectivity index (χ0v) is 11.3. The lowest BCUT2D eigenvalue weighted by molar-refractivity contribution is 0.0595. The molecule has 0 saturated carbocycles. The molecule has 20 heavy (non-hydrogen) atoms. The molecule has 1 unspecified atom stereocenters. The average molecular weight is 274 g/mol. The van der Waals surface area contributed by atoms with Crippen LogP contribution in [0.25, 0.3) is 0 Å². The topological polar surface area (TPSA) is 51.2 Å². The van der Waals surface area contributed by atoms with Crippen molar-refractivity contribution in [3.63, 3.8) is 0 Å². The predicted molar refractivity (Wildman–Crippen MR) is 74.0 cm³/mol. The number of pyridine rings is 1. The maximum absolute atomic E-state index is 13.5. The fourth-order valence-corrected chi connectivity index (χ4v) is 1.84. The molecule has 0 amide bonds. The maximum Gasteiger partial charge on any atom is 0.340 e. The molecule has 2 aromatic rings. The number of methoxy groups -OCH3 is 1. The molecule has 0 aliphatic carbocycles. The zero-order chi connectivity index (χ0) is 14.5. The lowest BCUT2D eigenvalue weighted by Crippen LogP contribution is -2.10. The number of halogens is 1. The maximum atomic E-state index is 13.5. The quantitative estimate of drug-likeness (QED) is 0.870. The number of rotatable bonds is 4. The zero-order valence-electron chi connectivity index (χ0n) is 11.3. The summed E-state index contributed by atoms with van der Waals surface area (Å²) in [6.45, 7) is 1.93. The van der Waals surface area contributed by atoms with Gasteiger partial charge in [0, 0.05) is 11.9 Å². The highest BCUT2D eigenvalue weighted by atomic mass is 19.1. The summed E-state index contributed by atoms with van der Waals surface area (Å²) in [7, 11) is 1.22. The molecular formula is C15H15FN2O2. The minimum Gasteiger partial charge on any atom is -0.465 e. The minimum atomic E-state index is -0.698. The fourth-order valence-electron chi connectivity index (χ4n) is 1.84. The van der Waals surface area contributed by atoms with Crippen molar-refractivity contribution in [2.45, 2.75) is 13.0 Å². The second-order valence-electron chi connectivity index (χ2n) is 4.31. The van der Waals surface area contributed by atoms with E-state index in [9.17, 15) is 9.18 Å². The van der Waals surface area contributed by atoms with Gasteiger partial charge in [0.15, 0.2) is 0 Å². The Hall–Kier alpha value is -2.43. The van der Waals surface area contributed by atoms with Crippen LogP contribution in [0.1, 0.15) is 29.0 Å². The Morgan fingerprint density at radius 1 is 1.35 bits per heavy atom. The first-order valence-electron chi connectivity index (χ1n) is 6.17. The van der Waals surface area contributed by atoms with Crippen molar-refractivity contribution in [1.29, 1.82) is 0 Å². The van der Waals surface area contributed by atoms with E-state index < -0.39 is 11.8 Å². The van der Waals surface area contributed by atoms with E-state index in [0.717, 1.165) is 5.69 Å². The van der Waals surface area contributed by atoms with E-state index in [1.165, 1.54) is 19.2 Å². The van der Waals surface area contributed by atoms with Crippen LogP contribution in [0.4, 0.5) is 10.1 Å². The Kier molecular flexibility index (Phi) is 4.30. The summed E-state index contributed by atoms with van der Waals surface area (Å²) in [6, 6.07) is 9.80. The van der Waals surface area contributed by atoms with Crippen LogP contribution in [0.5, 0.6) is 0 Å². The normalized spacial score (nSPS) is 11.8. The molecule has 0 aliphatic heterocycles. The van der Waals surface area contributed by atoms with Crippen LogP contribution >= 0.6 is 0 Å². The average Bonchev–Trinajstić information content (AvgIpc) is 2.49. The Bertz CT molecular complexity index is 602. The van der Waals surface area contributed by atoms with Gasteiger partial charge in [-0.15, -0.1) is 0 Å². The lowest BCUT2D eigenvalue weighted by atomic mass is 10.1. The van der Waals surface area contributed by atoms with Gasteiger partial charge < -0.3 is 10.1 Å². The number of nitrogens with one attached hydrogen (secondary N) is 1. The summed E-state index contributed by atoms with van der Waals surface area (Å²) in [5.41, 5.74) is 1.40. The van der Waals surface area contributed by atoms with Crippen LogP contribution in [0, 0.1) is 5.82 Å². The number of carbonyl (C=O) groups is 1. The molecule has 0 radical (unpaired) electrons. The Balaban J connectivity index is 2.20. The number of benzene rings is 1. The van der Waals surface area contributed by atoms with Gasteiger partial charge in [0.1, 0.15) is 5.82 Å². The molecule has 0 fully saturated rings. The van der Waals surface area contributed by atoms with E-state index in [-0.39, 0.29) is 11.6 Å². The van der Waals surface area contributed by atoms with Crippen LogP contribution in [-0.4, -0.2) is 18.1 Å². The van der Waals surface area contributed by atoms with Gasteiger partial charge in [-0.2, -0.15) is 0 Å². The molecule has 0 saturated heterocycles. The molecule has 104 valence electrons. The van der Waals surface area contributed by atoms with Crippen molar-refractivity contribution in [1.82, 2.24) is 4.98 Å². The Labute approximate surface area is 116 Å². The van der Waals surface area contributed by atoms with Crippen molar-refractivity contribution in [3.8, 4) is 0 Å². The van der Waals surface area contributed by atoms with Crippen LogP contribution < -0.4 is 5.32 Å². The number of aromatic nitrogens is 1. The smallest absolute Gasteiger partial charge is 0.340 e. The second-order valence-corrected chi connectivity index (χ2v) is 4.31. The van der Waals surface area contributed by atoms with Crippen LogP contribution in [0.2, 0.25) is 0 Å². The summed E-state index contributed by atoms with van der Waals surface area (Å²) < 4.78 is 18.1. The Morgan fingerprint density at radius 2 is 2.15 bits per heavy atom. The predicted octanol–water partition coefficient (Wildman–Crippen LogP) is 3.18. The molecule has 0 spiro atoms. The van der Waals surface area contributed by atoms with E-state index in [2.05, 4.69) is 15.0 Å². The standard InChI is InChI=1S/C15H15FN2O2/c1-10(14-5-3-4-8-17-14)18-11-6-7-13(16)12(9-11)15(19)20-2/h3-10,18H,1-2H3. The largest absolute Gasteiger partial charge is 0.465 e. The third-order valence-corrected chi connectivity index (χ3v) is 2.89. The first kappa shape index (κ1) is 14.0. The number of carbonyl (C=O) groups excluding carboxylic acids is 1. The van der Waals surface area contributed by atoms with E-state index in [0.29, 0.717) is 5.69 Å². The number of esters is 1. The second kappa shape index (κ2) is 6.14. The molecule has 5 heteroatoms. The van der Waals surface area contributed by atoms with Crippen molar-refractivity contribution in [2.75, 3.05) is 12.4 Å². The number of anilines is 1. The summed E-state index contributed by atoms with van der Waals surface area (Å²) in [5.74, 6) is -1.30. The monoisotopic (exact) mass is 274 g/mol. The van der Waals surface area contributed by atoms with E-state index in [1.54, 1.807) is 12.3 Å². The SMILES string of the molecule is COC(=O)c1cc(NC(C)c2ccccn2)ccc1F. The highest BCUT2D eigenvalue weighted by Crippen LogP contribution is 2.20. The van der Waals surface area contributed by atoms with Gasteiger partial charge in [0.05, 0.1) is 24.4 Å². The summed E-state index contributed by atoms with van der Waals surface area (Å²) in [4.78, 5) is 15.7. The summed E-state index contributed by atoms with van der Waals surface area (Å²) in [6.07, 6.45) is 1.71. The van der Waals surface area contributed by atoms with E-state index in [4.69, 9.17) is 0 Å². The van der Waals surface area contributed by atoms with E-state index in [1.807, 2.05) is 25.1 Å². The number of ether oxygens (including phenoxy) is 1. The third-order valence-electron chi connectivity index (χ3n) is 2.89. The molecule has 1 heterocycles. The molecule has 4 nitrogen and oxygen atoms in total. The summed E-state index contributed by atoms with van der Waals surface area (Å²) >= 11 is 0. The number of nitrogens with zero attached hydrogens (tertiary/aromatic N) is 1. The first-order chi connectivity index (χ1) is 9.61. The number of hydrogen-bond acceptors (Lipinski definition) is 4. The van der Waals surface area contributed by atoms with Crippen LogP contribution in [0.3, 0.4) is 0 Å². The van der Waals surface area contributed by atoms with Gasteiger partial charge in [-0.05, 0) is 37.3 Å². The van der Waals surface area contributed by atoms with Gasteiger partial charge in [-0.25, -0.2) is 9.18 Å². The van der Waals surface area contributed by atoms with Gasteiger partial charge >= 0.3 is 5.97 Å². The van der Waals surface area contributed by atoms with Gasteiger partial charge in [0.2, 0.25) is 0 Å². The van der Waals surface area contributed by atoms with Crippen LogP contribution in [0.15, 0.2) is 42.6 Å². The van der Waals surface area contributed by atoms with Gasteiger partial charge in [0.25, 0.3) is 0 Å². The fraction of sp³-hybridized carbons (Fsp3) is 0.200. The van der Waals surface area contributed by atoms with Crippen molar-refractivity contribution >= 4 is 11.7 Å². The van der Waals surface area contributed by atoms with Gasteiger partial charge in [-0.3, -0.25) is 4.98 Å². The van der Waals surface area contributed by atoms with E-state index >= 15 is 0 Å². The van der Waals surface area contributed by atoms with Crippen molar-refractivity contribution in [3.05, 3.63) is 59.7 Å². The molecule has 1 aromatic carbocycles. The molecular weight excluding hydrogens is 259 g/mol. The highest BCUT2D eigenvalue weighted by Gasteiger charge is 2.14. The highest BCUT2D eigenvalue weighted by molar-refractivity contribution is 5.90. The van der Waals surface area contributed by atoms with Gasteiger partial charge in [-0.1, -0.05) is 6.07 Å². The number of hydrogen-bond donors (Lipinski definition) is 1. The molecule has 0 aliphatic rings. The lowest BCUT2D eigenvalue weighted by Gasteiger charge is -2.15. The Morgan fingerprint density at radius 3 is 2.80 bits per heavy atom. The molecule has 1 N–H and O–H groups in total. The molecule has 1 aromatic heterocycles.